The third kappa shape index (κ3) is 2.73. The molecule has 2 heteroatoms. The lowest BCUT2D eigenvalue weighted by Gasteiger charge is -2.15. The first kappa shape index (κ1) is 11.8. The van der Waals surface area contributed by atoms with Gasteiger partial charge in [0.25, 0.3) is 0 Å². The zero-order chi connectivity index (χ0) is 12.1. The van der Waals surface area contributed by atoms with Crippen molar-refractivity contribution in [3.05, 3.63) is 60.2 Å². The molecule has 3 N–H and O–H groups in total. The van der Waals surface area contributed by atoms with Crippen LogP contribution in [-0.4, -0.2) is 11.7 Å². The highest BCUT2D eigenvalue weighted by Crippen LogP contribution is 2.28. The second-order valence-electron chi connectivity index (χ2n) is 4.07. The number of rotatable bonds is 4. The molecule has 2 aromatic rings. The van der Waals surface area contributed by atoms with Crippen LogP contribution in [0.1, 0.15) is 18.0 Å². The van der Waals surface area contributed by atoms with Crippen LogP contribution in [-0.2, 0) is 0 Å². The van der Waals surface area contributed by atoms with Crippen molar-refractivity contribution in [2.24, 2.45) is 5.73 Å². The van der Waals surface area contributed by atoms with Gasteiger partial charge in [-0.25, -0.2) is 0 Å². The third-order valence-corrected chi connectivity index (χ3v) is 2.89. The number of aliphatic hydroxyl groups excluding tert-OH is 1. The van der Waals surface area contributed by atoms with Crippen molar-refractivity contribution in [2.45, 2.75) is 12.5 Å². The predicted molar refractivity (Wildman–Crippen MR) is 70.5 cm³/mol. The minimum Gasteiger partial charge on any atom is -0.396 e. The summed E-state index contributed by atoms with van der Waals surface area (Å²) in [6.07, 6.45) is 0.587. The smallest absolute Gasteiger partial charge is 0.0449 e. The second kappa shape index (κ2) is 5.62. The number of hydrogen-bond acceptors (Lipinski definition) is 2. The van der Waals surface area contributed by atoms with E-state index in [9.17, 15) is 0 Å². The summed E-state index contributed by atoms with van der Waals surface area (Å²) in [5.74, 6) is 0. The van der Waals surface area contributed by atoms with Gasteiger partial charge in [0, 0.05) is 12.6 Å². The van der Waals surface area contributed by atoms with Crippen molar-refractivity contribution in [1.29, 1.82) is 0 Å². The van der Waals surface area contributed by atoms with E-state index in [0.29, 0.717) is 6.42 Å². The van der Waals surface area contributed by atoms with Gasteiger partial charge in [-0.1, -0.05) is 54.6 Å². The van der Waals surface area contributed by atoms with Gasteiger partial charge in [0.15, 0.2) is 0 Å². The first-order valence-corrected chi connectivity index (χ1v) is 5.83. The van der Waals surface area contributed by atoms with Crippen molar-refractivity contribution >= 4 is 0 Å². The Hall–Kier alpha value is -1.64. The monoisotopic (exact) mass is 227 g/mol. The average Bonchev–Trinajstić information content (AvgIpc) is 2.40. The summed E-state index contributed by atoms with van der Waals surface area (Å²) in [5.41, 5.74) is 9.48. The second-order valence-corrected chi connectivity index (χ2v) is 4.07. The summed E-state index contributed by atoms with van der Waals surface area (Å²) in [4.78, 5) is 0. The number of benzene rings is 2. The summed E-state index contributed by atoms with van der Waals surface area (Å²) < 4.78 is 0. The molecule has 0 aliphatic carbocycles. The lowest BCUT2D eigenvalue weighted by Crippen LogP contribution is -2.12. The fourth-order valence-corrected chi connectivity index (χ4v) is 2.00. The number of nitrogens with two attached hydrogens (primary N) is 1. The predicted octanol–water partition coefficient (Wildman–Crippen LogP) is 2.74. The summed E-state index contributed by atoms with van der Waals surface area (Å²) in [5, 5.41) is 8.98. The van der Waals surface area contributed by atoms with Gasteiger partial charge in [-0.05, 0) is 23.1 Å². The molecule has 0 heterocycles. The van der Waals surface area contributed by atoms with Crippen LogP contribution in [0.4, 0.5) is 0 Å². The van der Waals surface area contributed by atoms with E-state index in [1.54, 1.807) is 0 Å². The topological polar surface area (TPSA) is 46.2 Å². The van der Waals surface area contributed by atoms with Crippen LogP contribution < -0.4 is 5.73 Å². The van der Waals surface area contributed by atoms with E-state index in [-0.39, 0.29) is 12.6 Å². The summed E-state index contributed by atoms with van der Waals surface area (Å²) in [6.45, 7) is 0.115. The van der Waals surface area contributed by atoms with Crippen LogP contribution in [0.5, 0.6) is 0 Å². The van der Waals surface area contributed by atoms with E-state index in [4.69, 9.17) is 10.8 Å². The minimum absolute atomic E-state index is 0.114. The maximum absolute atomic E-state index is 8.98. The van der Waals surface area contributed by atoms with Gasteiger partial charge >= 0.3 is 0 Å². The average molecular weight is 227 g/mol. The van der Waals surface area contributed by atoms with E-state index in [1.165, 1.54) is 0 Å². The summed E-state index contributed by atoms with van der Waals surface area (Å²) in [7, 11) is 0. The highest BCUT2D eigenvalue weighted by Gasteiger charge is 2.10. The fourth-order valence-electron chi connectivity index (χ4n) is 2.00. The highest BCUT2D eigenvalue weighted by molar-refractivity contribution is 5.67. The Labute approximate surface area is 102 Å². The van der Waals surface area contributed by atoms with Crippen molar-refractivity contribution in [1.82, 2.24) is 0 Å². The largest absolute Gasteiger partial charge is 0.396 e. The zero-order valence-electron chi connectivity index (χ0n) is 9.71. The molecular weight excluding hydrogens is 210 g/mol. The Balaban J connectivity index is 2.41. The molecule has 0 amide bonds. The van der Waals surface area contributed by atoms with Crippen molar-refractivity contribution in [3.63, 3.8) is 0 Å². The molecule has 88 valence electrons. The Morgan fingerprint density at radius 2 is 1.59 bits per heavy atom. The van der Waals surface area contributed by atoms with Gasteiger partial charge in [0.2, 0.25) is 0 Å². The molecule has 0 fully saturated rings. The van der Waals surface area contributed by atoms with Gasteiger partial charge in [-0.15, -0.1) is 0 Å². The molecule has 0 aliphatic rings. The highest BCUT2D eigenvalue weighted by atomic mass is 16.3. The summed E-state index contributed by atoms with van der Waals surface area (Å²) >= 11 is 0. The Morgan fingerprint density at radius 3 is 2.29 bits per heavy atom. The number of aliphatic hydroxyl groups is 1. The van der Waals surface area contributed by atoms with Gasteiger partial charge in [0.05, 0.1) is 0 Å². The maximum atomic E-state index is 8.98. The molecule has 1 atom stereocenters. The van der Waals surface area contributed by atoms with Crippen molar-refractivity contribution in [3.8, 4) is 11.1 Å². The van der Waals surface area contributed by atoms with Crippen LogP contribution in [0.25, 0.3) is 11.1 Å². The molecule has 2 nitrogen and oxygen atoms in total. The first-order chi connectivity index (χ1) is 8.33. The Bertz CT molecular complexity index is 467. The molecule has 2 rings (SSSR count). The quantitative estimate of drug-likeness (QED) is 0.843. The molecule has 17 heavy (non-hydrogen) atoms. The molecule has 0 radical (unpaired) electrons. The fraction of sp³-hybridized carbons (Fsp3) is 0.200. The Kier molecular flexibility index (Phi) is 3.91. The van der Waals surface area contributed by atoms with Crippen LogP contribution in [0.15, 0.2) is 54.6 Å². The van der Waals surface area contributed by atoms with Gasteiger partial charge in [-0.2, -0.15) is 0 Å². The van der Waals surface area contributed by atoms with E-state index >= 15 is 0 Å². The molecule has 0 spiro atoms. The van der Waals surface area contributed by atoms with Crippen LogP contribution >= 0.6 is 0 Å². The molecule has 0 saturated heterocycles. The zero-order valence-corrected chi connectivity index (χ0v) is 9.71. The van der Waals surface area contributed by atoms with E-state index in [0.717, 1.165) is 16.7 Å². The van der Waals surface area contributed by atoms with Crippen LogP contribution in [0, 0.1) is 0 Å². The van der Waals surface area contributed by atoms with Gasteiger partial charge in [-0.3, -0.25) is 0 Å². The molecule has 1 unspecified atom stereocenters. The molecule has 0 saturated carbocycles. The third-order valence-electron chi connectivity index (χ3n) is 2.89. The molecule has 2 aromatic carbocycles. The van der Waals surface area contributed by atoms with Gasteiger partial charge in [0.1, 0.15) is 0 Å². The van der Waals surface area contributed by atoms with Crippen molar-refractivity contribution in [2.75, 3.05) is 6.61 Å². The Morgan fingerprint density at radius 1 is 0.941 bits per heavy atom. The maximum Gasteiger partial charge on any atom is 0.0449 e. The molecule has 0 bridgehead atoms. The van der Waals surface area contributed by atoms with E-state index in [2.05, 4.69) is 18.2 Å². The van der Waals surface area contributed by atoms with Gasteiger partial charge < -0.3 is 10.8 Å². The molecular formula is C15H17NO. The van der Waals surface area contributed by atoms with E-state index < -0.39 is 0 Å². The minimum atomic E-state index is -0.114. The molecule has 0 aliphatic heterocycles. The lowest BCUT2D eigenvalue weighted by molar-refractivity contribution is 0.276. The standard InChI is InChI=1S/C15H17NO/c16-15(10-11-17)14-9-5-4-8-13(14)12-6-2-1-3-7-12/h1-9,15,17H,10-11,16H2. The molecule has 0 aromatic heterocycles. The van der Waals surface area contributed by atoms with Crippen LogP contribution in [0.2, 0.25) is 0 Å². The normalized spacial score (nSPS) is 12.4. The van der Waals surface area contributed by atoms with Crippen molar-refractivity contribution < 1.29 is 5.11 Å². The SMILES string of the molecule is NC(CCO)c1ccccc1-c1ccccc1. The van der Waals surface area contributed by atoms with E-state index in [1.807, 2.05) is 36.4 Å². The van der Waals surface area contributed by atoms with Crippen LogP contribution in [0.3, 0.4) is 0 Å². The lowest BCUT2D eigenvalue weighted by atomic mass is 9.94. The first-order valence-electron chi connectivity index (χ1n) is 5.83. The number of hydrogen-bond donors (Lipinski definition) is 2. The summed E-state index contributed by atoms with van der Waals surface area (Å²) in [6, 6.07) is 18.2.